The third kappa shape index (κ3) is 8.78. The number of aliphatic hydroxyl groups excluding tert-OH is 5. The Balaban J connectivity index is 1.17. The fourth-order valence-corrected chi connectivity index (χ4v) is 7.47. The number of aliphatic hydroxyl groups is 5. The van der Waals surface area contributed by atoms with Crippen LogP contribution in [-0.4, -0.2) is 125 Å². The van der Waals surface area contributed by atoms with E-state index in [9.17, 15) is 49.2 Å². The van der Waals surface area contributed by atoms with Gasteiger partial charge in [0, 0.05) is 6.20 Å². The molecule has 10 N–H and O–H groups in total. The Morgan fingerprint density at radius 1 is 0.980 bits per heavy atom. The van der Waals surface area contributed by atoms with Gasteiger partial charge in [-0.25, -0.2) is 18.8 Å². The molecule has 274 valence electrons. The van der Waals surface area contributed by atoms with Crippen LogP contribution in [0.2, 0.25) is 0 Å². The highest BCUT2D eigenvalue weighted by molar-refractivity contribution is 7.61. The van der Waals surface area contributed by atoms with E-state index in [0.717, 1.165) is 36.6 Å². The van der Waals surface area contributed by atoms with Crippen LogP contribution in [0.5, 0.6) is 0 Å². The van der Waals surface area contributed by atoms with Gasteiger partial charge in [0.25, 0.3) is 5.56 Å². The molecule has 5 heterocycles. The number of hydrogen-bond donors (Lipinski definition) is 9. The summed E-state index contributed by atoms with van der Waals surface area (Å²) in [6, 6.07) is 0. The number of nitrogen functional groups attached to an aromatic ring is 1. The van der Waals surface area contributed by atoms with Crippen LogP contribution in [-0.2, 0) is 44.9 Å². The summed E-state index contributed by atoms with van der Waals surface area (Å²) in [6.07, 6.45) is -8.33. The minimum Gasteiger partial charge on any atom is -0.388 e. The smallest absolute Gasteiger partial charge is 0.388 e. The SMILES string of the molecule is CCCCCCc1cn(C[C@@H]2O[C@H](OP(=O)(O)OP(=O)(O)OC[C@H]3O[C@@H](n4cnc5c(=O)[nH]c(N)nc54)[C@H](O)[C@@H]3O)[C@@H](O)[C@H](O)[C@@H]2O)nn1. The Kier molecular flexibility index (Phi) is 11.7. The van der Waals surface area contributed by atoms with Gasteiger partial charge in [0.05, 0.1) is 25.2 Å². The first kappa shape index (κ1) is 37.5. The number of rotatable bonds is 15. The molecule has 2 saturated heterocycles. The summed E-state index contributed by atoms with van der Waals surface area (Å²) in [6.45, 7) is 0.871. The van der Waals surface area contributed by atoms with Crippen LogP contribution in [0.1, 0.15) is 44.5 Å². The number of unbranched alkanes of at least 4 members (excludes halogenated alkanes) is 3. The molecule has 2 fully saturated rings. The number of nitrogens with zero attached hydrogens (tertiary/aromatic N) is 6. The average molecular weight is 741 g/mol. The molecule has 0 radical (unpaired) electrons. The van der Waals surface area contributed by atoms with Crippen molar-refractivity contribution in [3.05, 3.63) is 28.6 Å². The summed E-state index contributed by atoms with van der Waals surface area (Å²) in [5, 5.41) is 60.2. The lowest BCUT2D eigenvalue weighted by Crippen LogP contribution is -2.58. The Morgan fingerprint density at radius 2 is 1.71 bits per heavy atom. The van der Waals surface area contributed by atoms with Crippen molar-refractivity contribution < 1.29 is 67.3 Å². The minimum atomic E-state index is -5.64. The molecule has 11 atom stereocenters. The third-order valence-corrected chi connectivity index (χ3v) is 10.4. The first-order chi connectivity index (χ1) is 23.1. The zero-order valence-electron chi connectivity index (χ0n) is 25.9. The maximum absolute atomic E-state index is 12.7. The summed E-state index contributed by atoms with van der Waals surface area (Å²) in [4.78, 5) is 42.5. The van der Waals surface area contributed by atoms with Crippen molar-refractivity contribution in [1.82, 2.24) is 34.5 Å². The first-order valence-electron chi connectivity index (χ1n) is 15.1. The van der Waals surface area contributed by atoms with Crippen molar-refractivity contribution in [3.63, 3.8) is 0 Å². The Labute approximate surface area is 276 Å². The van der Waals surface area contributed by atoms with Crippen molar-refractivity contribution in [2.24, 2.45) is 0 Å². The third-order valence-electron chi connectivity index (χ3n) is 7.82. The Morgan fingerprint density at radius 3 is 2.45 bits per heavy atom. The maximum atomic E-state index is 12.7. The molecule has 25 heteroatoms. The second kappa shape index (κ2) is 15.3. The van der Waals surface area contributed by atoms with E-state index in [2.05, 4.69) is 36.5 Å². The second-order valence-corrected chi connectivity index (χ2v) is 14.5. The number of phosphoric acid groups is 2. The molecule has 3 aromatic rings. The molecule has 23 nitrogen and oxygen atoms in total. The zero-order chi connectivity index (χ0) is 35.7. The summed E-state index contributed by atoms with van der Waals surface area (Å²) in [5.41, 5.74) is 5.28. The topological polar surface area (TPSA) is 342 Å². The van der Waals surface area contributed by atoms with E-state index in [-0.39, 0.29) is 23.7 Å². The number of aryl methyl sites for hydroxylation is 1. The molecule has 0 bridgehead atoms. The van der Waals surface area contributed by atoms with E-state index in [1.54, 1.807) is 6.20 Å². The largest absolute Gasteiger partial charge is 0.483 e. The fraction of sp³-hybridized carbons (Fsp3) is 0.708. The fourth-order valence-electron chi connectivity index (χ4n) is 5.31. The van der Waals surface area contributed by atoms with Gasteiger partial charge in [-0.15, -0.1) is 5.10 Å². The van der Waals surface area contributed by atoms with Crippen LogP contribution in [0.3, 0.4) is 0 Å². The zero-order valence-corrected chi connectivity index (χ0v) is 27.6. The predicted molar refractivity (Wildman–Crippen MR) is 161 cm³/mol. The average Bonchev–Trinajstić information content (AvgIpc) is 3.73. The highest BCUT2D eigenvalue weighted by Crippen LogP contribution is 2.61. The predicted octanol–water partition coefficient (Wildman–Crippen LogP) is -2.21. The molecular weight excluding hydrogens is 702 g/mol. The molecule has 0 aromatic carbocycles. The number of H-pyrrole nitrogens is 1. The van der Waals surface area contributed by atoms with Crippen molar-refractivity contribution in [2.45, 2.75) is 101 Å². The van der Waals surface area contributed by atoms with Gasteiger partial charge in [0.15, 0.2) is 23.7 Å². The summed E-state index contributed by atoms with van der Waals surface area (Å²) in [5.74, 6) is -0.272. The van der Waals surface area contributed by atoms with Crippen LogP contribution in [0.4, 0.5) is 5.95 Å². The van der Waals surface area contributed by atoms with Gasteiger partial charge in [-0.1, -0.05) is 31.4 Å². The van der Waals surface area contributed by atoms with Crippen molar-refractivity contribution in [1.29, 1.82) is 0 Å². The standard InChI is InChI=1S/C24H38N8O15P2/c1-2-3-4-5-6-11-7-31(30-29-11)8-12-15(33)17(35)19(37)23(45-12)46-49(41,42)47-48(39,40)43-9-13-16(34)18(36)22(44-13)32-10-26-14-20(32)27-24(25)28-21(14)38/h7,10,12-13,15-19,22-23,33-37H,2-6,8-9H2,1H3,(H,39,40)(H,41,42)(H3,25,27,28,38)/t12-,13+,15+,16+,17+,18+,19-,22+,23+/m0/s1. The van der Waals surface area contributed by atoms with Crippen molar-refractivity contribution in [3.8, 4) is 0 Å². The van der Waals surface area contributed by atoms with Crippen LogP contribution >= 0.6 is 15.6 Å². The van der Waals surface area contributed by atoms with E-state index in [4.69, 9.17) is 24.3 Å². The number of phosphoric ester groups is 2. The van der Waals surface area contributed by atoms with E-state index in [1.165, 1.54) is 4.68 Å². The molecule has 2 unspecified atom stereocenters. The minimum absolute atomic E-state index is 0.107. The maximum Gasteiger partial charge on any atom is 0.483 e. The van der Waals surface area contributed by atoms with Crippen LogP contribution in [0.15, 0.2) is 17.3 Å². The van der Waals surface area contributed by atoms with Crippen LogP contribution < -0.4 is 11.3 Å². The number of ether oxygens (including phenoxy) is 2. The molecule has 0 spiro atoms. The number of fused-ring (bicyclic) bond motifs is 1. The molecule has 0 aliphatic carbocycles. The van der Waals surface area contributed by atoms with Crippen molar-refractivity contribution >= 4 is 32.8 Å². The molecule has 2 aliphatic rings. The Bertz CT molecular complexity index is 1740. The van der Waals surface area contributed by atoms with Gasteiger partial charge >= 0.3 is 15.6 Å². The van der Waals surface area contributed by atoms with Crippen LogP contribution in [0, 0.1) is 0 Å². The number of aromatic nitrogens is 7. The molecule has 2 aliphatic heterocycles. The summed E-state index contributed by atoms with van der Waals surface area (Å²) in [7, 11) is -11.2. The number of imidazole rings is 1. The van der Waals surface area contributed by atoms with Gasteiger partial charge in [0.2, 0.25) is 5.95 Å². The number of nitrogens with one attached hydrogen (secondary N) is 1. The Hall–Kier alpha value is -2.73. The highest BCUT2D eigenvalue weighted by atomic mass is 31.3. The molecular formula is C24H38N8O15P2. The molecule has 3 aromatic heterocycles. The summed E-state index contributed by atoms with van der Waals surface area (Å²) < 4.78 is 52.4. The van der Waals surface area contributed by atoms with E-state index in [1.807, 2.05) is 0 Å². The van der Waals surface area contributed by atoms with Gasteiger partial charge in [-0.2, -0.15) is 9.29 Å². The quantitative estimate of drug-likeness (QED) is 0.0589. The first-order valence-corrected chi connectivity index (χ1v) is 18.1. The van der Waals surface area contributed by atoms with E-state index < -0.39 is 83.1 Å². The molecule has 0 amide bonds. The summed E-state index contributed by atoms with van der Waals surface area (Å²) >= 11 is 0. The number of hydrogen-bond acceptors (Lipinski definition) is 18. The molecule has 0 saturated carbocycles. The van der Waals surface area contributed by atoms with Gasteiger partial charge in [-0.3, -0.25) is 23.4 Å². The lowest BCUT2D eigenvalue weighted by Gasteiger charge is -2.40. The van der Waals surface area contributed by atoms with Crippen molar-refractivity contribution in [2.75, 3.05) is 12.3 Å². The van der Waals surface area contributed by atoms with E-state index >= 15 is 0 Å². The molecule has 5 rings (SSSR count). The number of nitrogens with two attached hydrogens (primary N) is 1. The van der Waals surface area contributed by atoms with Gasteiger partial charge < -0.3 is 50.5 Å². The number of anilines is 1. The van der Waals surface area contributed by atoms with E-state index in [0.29, 0.717) is 12.1 Å². The lowest BCUT2D eigenvalue weighted by atomic mass is 9.99. The van der Waals surface area contributed by atoms with Gasteiger partial charge in [-0.05, 0) is 12.8 Å². The normalized spacial score (nSPS) is 31.6. The van der Waals surface area contributed by atoms with Crippen LogP contribution in [0.25, 0.3) is 11.2 Å². The number of aromatic amines is 1. The van der Waals surface area contributed by atoms with Gasteiger partial charge in [0.1, 0.15) is 42.7 Å². The molecule has 49 heavy (non-hydrogen) atoms. The highest BCUT2D eigenvalue weighted by Gasteiger charge is 2.50. The monoisotopic (exact) mass is 740 g/mol. The second-order valence-electron chi connectivity index (χ2n) is 11.5. The lowest BCUT2D eigenvalue weighted by molar-refractivity contribution is -0.278.